The van der Waals surface area contributed by atoms with E-state index >= 15 is 0 Å². The first-order valence-electron chi connectivity index (χ1n) is 8.95. The molecule has 0 radical (unpaired) electrons. The smallest absolute Gasteiger partial charge is 0.206 e. The fourth-order valence-corrected chi connectivity index (χ4v) is 4.76. The number of benzene rings is 3. The molecule has 4 rings (SSSR count). The van der Waals surface area contributed by atoms with Crippen LogP contribution in [0.1, 0.15) is 29.2 Å². The van der Waals surface area contributed by atoms with E-state index in [0.29, 0.717) is 17.7 Å². The molecule has 0 aromatic heterocycles. The van der Waals surface area contributed by atoms with E-state index in [2.05, 4.69) is 5.10 Å². The van der Waals surface area contributed by atoms with Crippen LogP contribution in [0.2, 0.25) is 0 Å². The highest BCUT2D eigenvalue weighted by molar-refractivity contribution is 7.89. The van der Waals surface area contributed by atoms with Crippen LogP contribution < -0.4 is 0 Å². The Kier molecular flexibility index (Phi) is 4.73. The highest BCUT2D eigenvalue weighted by atomic mass is 32.2. The van der Waals surface area contributed by atoms with Gasteiger partial charge in [0, 0.05) is 12.0 Å². The maximum atomic E-state index is 14.3. The van der Waals surface area contributed by atoms with Crippen LogP contribution in [-0.4, -0.2) is 18.5 Å². The summed E-state index contributed by atoms with van der Waals surface area (Å²) in [6.07, 6.45) is 0.302. The van der Waals surface area contributed by atoms with E-state index in [4.69, 9.17) is 0 Å². The van der Waals surface area contributed by atoms with Gasteiger partial charge in [0.25, 0.3) is 10.0 Å². The lowest BCUT2D eigenvalue weighted by atomic mass is 9.98. The maximum absolute atomic E-state index is 14.3. The van der Waals surface area contributed by atoms with Crippen LogP contribution in [0.25, 0.3) is 0 Å². The molecule has 1 atom stereocenters. The van der Waals surface area contributed by atoms with E-state index < -0.39 is 21.9 Å². The Morgan fingerprint density at radius 3 is 2.25 bits per heavy atom. The fourth-order valence-electron chi connectivity index (χ4n) is 3.31. The second-order valence-electron chi connectivity index (χ2n) is 6.75. The van der Waals surface area contributed by atoms with Gasteiger partial charge in [0.2, 0.25) is 0 Å². The summed E-state index contributed by atoms with van der Waals surface area (Å²) >= 11 is 0. The molecule has 0 N–H and O–H groups in total. The van der Waals surface area contributed by atoms with Crippen LogP contribution in [0, 0.1) is 12.7 Å². The molecule has 4 nitrogen and oxygen atoms in total. The summed E-state index contributed by atoms with van der Waals surface area (Å²) in [6.45, 7) is 1.97. The van der Waals surface area contributed by atoms with E-state index in [1.165, 1.54) is 18.2 Å². The molecule has 0 fully saturated rings. The standard InChI is InChI=1S/C22H19FN2O2S/c1-16-11-13-17(14-12-16)22-15-21(19-9-5-6-10-20(19)23)24-25(22)28(26,27)18-7-3-2-4-8-18/h2-14,22H,15H2,1H3/t22-/m0/s1. The van der Waals surface area contributed by atoms with Gasteiger partial charge in [-0.15, -0.1) is 0 Å². The Balaban J connectivity index is 1.82. The Labute approximate surface area is 164 Å². The second kappa shape index (κ2) is 7.20. The average Bonchev–Trinajstić information content (AvgIpc) is 3.15. The van der Waals surface area contributed by atoms with Crippen molar-refractivity contribution in [2.24, 2.45) is 5.10 Å². The van der Waals surface area contributed by atoms with Gasteiger partial charge in [0.05, 0.1) is 16.6 Å². The summed E-state index contributed by atoms with van der Waals surface area (Å²) in [5.41, 5.74) is 2.64. The molecule has 0 saturated carbocycles. The largest absolute Gasteiger partial charge is 0.279 e. The summed E-state index contributed by atoms with van der Waals surface area (Å²) in [5.74, 6) is -0.414. The van der Waals surface area contributed by atoms with Crippen molar-refractivity contribution in [2.75, 3.05) is 0 Å². The van der Waals surface area contributed by atoms with Crippen LogP contribution in [-0.2, 0) is 10.0 Å². The number of hydrogen-bond acceptors (Lipinski definition) is 3. The van der Waals surface area contributed by atoms with E-state index in [-0.39, 0.29) is 4.90 Å². The van der Waals surface area contributed by atoms with Gasteiger partial charge in [-0.2, -0.15) is 17.9 Å². The minimum atomic E-state index is -3.88. The van der Waals surface area contributed by atoms with Gasteiger partial charge in [-0.05, 0) is 30.7 Å². The lowest BCUT2D eigenvalue weighted by Crippen LogP contribution is -2.27. The summed E-state index contributed by atoms with van der Waals surface area (Å²) in [4.78, 5) is 0.158. The van der Waals surface area contributed by atoms with Crippen molar-refractivity contribution < 1.29 is 12.8 Å². The fraction of sp³-hybridized carbons (Fsp3) is 0.136. The van der Waals surface area contributed by atoms with Crippen LogP contribution >= 0.6 is 0 Å². The predicted octanol–water partition coefficient (Wildman–Crippen LogP) is 4.67. The Morgan fingerprint density at radius 2 is 1.57 bits per heavy atom. The number of aryl methyl sites for hydroxylation is 1. The predicted molar refractivity (Wildman–Crippen MR) is 107 cm³/mol. The normalized spacial score (nSPS) is 16.9. The first kappa shape index (κ1) is 18.4. The molecule has 1 aliphatic rings. The van der Waals surface area contributed by atoms with Gasteiger partial charge in [-0.25, -0.2) is 4.39 Å². The lowest BCUT2D eigenvalue weighted by molar-refractivity contribution is 0.371. The zero-order chi connectivity index (χ0) is 19.7. The Morgan fingerprint density at radius 1 is 0.929 bits per heavy atom. The molecule has 3 aromatic carbocycles. The minimum absolute atomic E-state index is 0.158. The first-order chi connectivity index (χ1) is 13.5. The van der Waals surface area contributed by atoms with Crippen LogP contribution in [0.4, 0.5) is 4.39 Å². The minimum Gasteiger partial charge on any atom is -0.206 e. The van der Waals surface area contributed by atoms with Crippen LogP contribution in [0.3, 0.4) is 0 Å². The molecule has 142 valence electrons. The van der Waals surface area contributed by atoms with Crippen LogP contribution in [0.15, 0.2) is 88.9 Å². The Hall–Kier alpha value is -2.99. The van der Waals surface area contributed by atoms with Crippen molar-refractivity contribution in [3.63, 3.8) is 0 Å². The van der Waals surface area contributed by atoms with Gasteiger partial charge < -0.3 is 0 Å². The van der Waals surface area contributed by atoms with Gasteiger partial charge in [0.15, 0.2) is 0 Å². The number of hydrogen-bond donors (Lipinski definition) is 0. The van der Waals surface area contributed by atoms with Crippen molar-refractivity contribution in [3.8, 4) is 0 Å². The number of halogens is 1. The molecule has 0 bridgehead atoms. The third-order valence-electron chi connectivity index (χ3n) is 4.81. The lowest BCUT2D eigenvalue weighted by Gasteiger charge is -2.23. The molecule has 1 aliphatic heterocycles. The molecule has 0 unspecified atom stereocenters. The van der Waals surface area contributed by atoms with Crippen molar-refractivity contribution in [1.82, 2.24) is 4.41 Å². The topological polar surface area (TPSA) is 49.7 Å². The average molecular weight is 394 g/mol. The zero-order valence-electron chi connectivity index (χ0n) is 15.3. The van der Waals surface area contributed by atoms with Gasteiger partial charge in [-0.3, -0.25) is 0 Å². The van der Waals surface area contributed by atoms with E-state index in [0.717, 1.165) is 15.5 Å². The first-order valence-corrected chi connectivity index (χ1v) is 10.4. The van der Waals surface area contributed by atoms with E-state index in [9.17, 15) is 12.8 Å². The molecule has 0 aliphatic carbocycles. The molecule has 0 saturated heterocycles. The van der Waals surface area contributed by atoms with Crippen molar-refractivity contribution >= 4 is 15.7 Å². The third-order valence-corrected chi connectivity index (χ3v) is 6.50. The molecule has 0 spiro atoms. The molecule has 28 heavy (non-hydrogen) atoms. The Bertz CT molecular complexity index is 1130. The number of hydrazone groups is 1. The van der Waals surface area contributed by atoms with E-state index in [1.807, 2.05) is 31.2 Å². The van der Waals surface area contributed by atoms with Crippen molar-refractivity contribution in [2.45, 2.75) is 24.3 Å². The maximum Gasteiger partial charge on any atom is 0.279 e. The molecule has 0 amide bonds. The summed E-state index contributed by atoms with van der Waals surface area (Å²) in [7, 11) is -3.88. The molecular formula is C22H19FN2O2S. The summed E-state index contributed by atoms with van der Waals surface area (Å²) < 4.78 is 42.0. The van der Waals surface area contributed by atoms with Crippen LogP contribution in [0.5, 0.6) is 0 Å². The van der Waals surface area contributed by atoms with Crippen molar-refractivity contribution in [3.05, 3.63) is 101 Å². The van der Waals surface area contributed by atoms with E-state index in [1.54, 1.807) is 36.4 Å². The number of sulfonamides is 1. The number of rotatable bonds is 4. The second-order valence-corrected chi connectivity index (χ2v) is 8.54. The van der Waals surface area contributed by atoms with Gasteiger partial charge in [-0.1, -0.05) is 66.2 Å². The quantitative estimate of drug-likeness (QED) is 0.645. The summed E-state index contributed by atoms with van der Waals surface area (Å²) in [5, 5.41) is 4.37. The third kappa shape index (κ3) is 3.31. The highest BCUT2D eigenvalue weighted by Gasteiger charge is 2.38. The number of nitrogens with zero attached hydrogens (tertiary/aromatic N) is 2. The van der Waals surface area contributed by atoms with Crippen molar-refractivity contribution in [1.29, 1.82) is 0 Å². The highest BCUT2D eigenvalue weighted by Crippen LogP contribution is 2.37. The SMILES string of the molecule is Cc1ccc([C@@H]2CC(c3ccccc3F)=NN2S(=O)(=O)c2ccccc2)cc1. The monoisotopic (exact) mass is 394 g/mol. The van der Waals surface area contributed by atoms with Gasteiger partial charge in [0.1, 0.15) is 5.82 Å². The molecular weight excluding hydrogens is 375 g/mol. The molecule has 1 heterocycles. The molecule has 3 aromatic rings. The summed E-state index contributed by atoms with van der Waals surface area (Å²) in [6, 6.07) is 21.6. The zero-order valence-corrected chi connectivity index (χ0v) is 16.1. The van der Waals surface area contributed by atoms with Gasteiger partial charge >= 0.3 is 0 Å². The molecule has 6 heteroatoms.